The van der Waals surface area contributed by atoms with Gasteiger partial charge >= 0.3 is 6.18 Å². The number of carbonyl (C=O) groups is 1. The smallest absolute Gasteiger partial charge is 0.329 e. The highest BCUT2D eigenvalue weighted by atomic mass is 32.1. The molecule has 1 amide bonds. The molecule has 0 atom stereocenters. The largest absolute Gasteiger partial charge is 0.406 e. The molecule has 1 aromatic heterocycles. The van der Waals surface area contributed by atoms with Crippen molar-refractivity contribution in [1.29, 1.82) is 5.26 Å². The lowest BCUT2D eigenvalue weighted by molar-refractivity contribution is -0.162. The molecule has 4 nitrogen and oxygen atoms in total. The Bertz CT molecular complexity index is 1070. The van der Waals surface area contributed by atoms with Crippen molar-refractivity contribution in [2.24, 2.45) is 0 Å². The van der Waals surface area contributed by atoms with E-state index in [1.165, 1.54) is 29.0 Å². The molecule has 0 fully saturated rings. The van der Waals surface area contributed by atoms with Gasteiger partial charge < -0.3 is 4.90 Å². The lowest BCUT2D eigenvalue weighted by Crippen LogP contribution is -2.39. The van der Waals surface area contributed by atoms with Crippen LogP contribution in [0.25, 0.3) is 10.6 Å². The van der Waals surface area contributed by atoms with Gasteiger partial charge in [0.15, 0.2) is 0 Å². The summed E-state index contributed by atoms with van der Waals surface area (Å²) in [6, 6.07) is 16.0. The van der Waals surface area contributed by atoms with Crippen molar-refractivity contribution in [3.05, 3.63) is 76.3 Å². The molecule has 31 heavy (non-hydrogen) atoms. The summed E-state index contributed by atoms with van der Waals surface area (Å²) >= 11 is 1.36. The average Bonchev–Trinajstić information content (AvgIpc) is 3.21. The molecule has 0 aliphatic carbocycles. The number of aromatic nitrogens is 1. The van der Waals surface area contributed by atoms with Crippen LogP contribution < -0.4 is 0 Å². The van der Waals surface area contributed by atoms with Crippen LogP contribution in [0.15, 0.2) is 53.9 Å². The minimum Gasteiger partial charge on any atom is -0.329 e. The highest BCUT2D eigenvalue weighted by molar-refractivity contribution is 7.13. The fraction of sp³-hybridized carbons (Fsp3) is 0.261. The van der Waals surface area contributed by atoms with Crippen LogP contribution >= 0.6 is 11.3 Å². The number of alkyl halides is 3. The molecule has 1 heterocycles. The number of carbonyl (C=O) groups excluding carboxylic acids is 1. The Kier molecular flexibility index (Phi) is 7.08. The Labute approximate surface area is 182 Å². The van der Waals surface area contributed by atoms with E-state index >= 15 is 0 Å². The lowest BCUT2D eigenvalue weighted by Gasteiger charge is -2.24. The molecular weight excluding hydrogens is 423 g/mol. The molecule has 3 rings (SSSR count). The van der Waals surface area contributed by atoms with Crippen molar-refractivity contribution < 1.29 is 18.0 Å². The number of nitrogens with zero attached hydrogens (tertiary/aromatic N) is 3. The number of amides is 1. The molecule has 0 aliphatic rings. The van der Waals surface area contributed by atoms with Gasteiger partial charge in [-0.25, -0.2) is 4.98 Å². The van der Waals surface area contributed by atoms with Gasteiger partial charge in [0.05, 0.1) is 23.7 Å². The second kappa shape index (κ2) is 9.75. The van der Waals surface area contributed by atoms with Crippen LogP contribution in [0.5, 0.6) is 0 Å². The van der Waals surface area contributed by atoms with Crippen molar-refractivity contribution in [2.75, 3.05) is 6.54 Å². The monoisotopic (exact) mass is 443 g/mol. The Hall–Kier alpha value is -3.18. The van der Waals surface area contributed by atoms with Gasteiger partial charge in [0.25, 0.3) is 0 Å². The van der Waals surface area contributed by atoms with E-state index < -0.39 is 18.6 Å². The summed E-state index contributed by atoms with van der Waals surface area (Å²) in [5.41, 5.74) is 3.47. The van der Waals surface area contributed by atoms with Crippen LogP contribution in [0.4, 0.5) is 13.2 Å². The molecule has 8 heteroatoms. The van der Waals surface area contributed by atoms with E-state index in [2.05, 4.69) is 11.9 Å². The minimum absolute atomic E-state index is 0.195. The maximum atomic E-state index is 13.1. The highest BCUT2D eigenvalue weighted by Crippen LogP contribution is 2.25. The summed E-state index contributed by atoms with van der Waals surface area (Å²) in [5.74, 6) is -0.653. The quantitative estimate of drug-likeness (QED) is 0.493. The van der Waals surface area contributed by atoms with Crippen molar-refractivity contribution in [3.63, 3.8) is 0 Å². The van der Waals surface area contributed by atoms with Gasteiger partial charge in [0.2, 0.25) is 5.91 Å². The fourth-order valence-corrected chi connectivity index (χ4v) is 3.85. The Morgan fingerprint density at radius 3 is 2.32 bits per heavy atom. The molecule has 0 bridgehead atoms. The number of halogens is 3. The first-order chi connectivity index (χ1) is 14.8. The standard InChI is InChI=1S/C23H20F3N3OS/c1-2-16-7-9-19(10-8-16)22-28-20(14-31-22)11-21(30)29(15-23(24,25)26)13-18-5-3-17(12-27)4-6-18/h3-10,14H,2,11,13,15H2,1H3. The average molecular weight is 443 g/mol. The SMILES string of the molecule is CCc1ccc(-c2nc(CC(=O)N(Cc3ccc(C#N)cc3)CC(F)(F)F)cs2)cc1. The first-order valence-electron chi connectivity index (χ1n) is 9.64. The zero-order valence-corrected chi connectivity index (χ0v) is 17.6. The van der Waals surface area contributed by atoms with Crippen LogP contribution in [0.2, 0.25) is 0 Å². The molecule has 0 aliphatic heterocycles. The third kappa shape index (κ3) is 6.40. The summed E-state index contributed by atoms with van der Waals surface area (Å²) in [6.45, 7) is 0.521. The normalized spacial score (nSPS) is 11.2. The topological polar surface area (TPSA) is 57.0 Å². The number of hydrogen-bond donors (Lipinski definition) is 0. The number of nitriles is 1. The third-order valence-corrected chi connectivity index (χ3v) is 5.61. The van der Waals surface area contributed by atoms with Crippen LogP contribution in [0.1, 0.15) is 29.3 Å². The third-order valence-electron chi connectivity index (χ3n) is 4.67. The van der Waals surface area contributed by atoms with E-state index in [0.717, 1.165) is 21.9 Å². The lowest BCUT2D eigenvalue weighted by atomic mass is 10.1. The Morgan fingerprint density at radius 1 is 1.10 bits per heavy atom. The summed E-state index contributed by atoms with van der Waals surface area (Å²) in [5, 5.41) is 11.3. The second-order valence-electron chi connectivity index (χ2n) is 7.04. The number of hydrogen-bond acceptors (Lipinski definition) is 4. The second-order valence-corrected chi connectivity index (χ2v) is 7.90. The molecule has 3 aromatic rings. The molecule has 0 N–H and O–H groups in total. The predicted octanol–water partition coefficient (Wildman–Crippen LogP) is 5.38. The van der Waals surface area contributed by atoms with Crippen LogP contribution in [-0.4, -0.2) is 28.5 Å². The highest BCUT2D eigenvalue weighted by Gasteiger charge is 2.33. The van der Waals surface area contributed by atoms with Gasteiger partial charge in [-0.05, 0) is 29.7 Å². The van der Waals surface area contributed by atoms with E-state index in [-0.39, 0.29) is 13.0 Å². The van der Waals surface area contributed by atoms with Gasteiger partial charge in [-0.15, -0.1) is 11.3 Å². The molecule has 0 saturated carbocycles. The van der Waals surface area contributed by atoms with Crippen LogP contribution in [0.3, 0.4) is 0 Å². The molecular formula is C23H20F3N3OS. The van der Waals surface area contributed by atoms with Gasteiger partial charge in [0.1, 0.15) is 11.6 Å². The minimum atomic E-state index is -4.52. The molecule has 160 valence electrons. The number of rotatable bonds is 7. The number of benzene rings is 2. The molecule has 0 unspecified atom stereocenters. The van der Waals surface area contributed by atoms with E-state index in [9.17, 15) is 18.0 Å². The zero-order valence-electron chi connectivity index (χ0n) is 16.8. The molecule has 0 radical (unpaired) electrons. The van der Waals surface area contributed by atoms with Gasteiger partial charge in [-0.2, -0.15) is 18.4 Å². The van der Waals surface area contributed by atoms with Crippen molar-refractivity contribution in [2.45, 2.75) is 32.5 Å². The van der Waals surface area contributed by atoms with Crippen molar-refractivity contribution >= 4 is 17.2 Å². The maximum Gasteiger partial charge on any atom is 0.406 e. The predicted molar refractivity (Wildman–Crippen MR) is 113 cm³/mol. The first kappa shape index (κ1) is 22.5. The van der Waals surface area contributed by atoms with E-state index in [1.807, 2.05) is 30.3 Å². The first-order valence-corrected chi connectivity index (χ1v) is 10.5. The fourth-order valence-electron chi connectivity index (χ4n) is 3.02. The van der Waals surface area contributed by atoms with Crippen LogP contribution in [-0.2, 0) is 24.2 Å². The van der Waals surface area contributed by atoms with Gasteiger partial charge in [-0.3, -0.25) is 4.79 Å². The zero-order chi connectivity index (χ0) is 22.4. The van der Waals surface area contributed by atoms with Gasteiger partial charge in [0, 0.05) is 17.5 Å². The van der Waals surface area contributed by atoms with E-state index in [1.54, 1.807) is 17.5 Å². The summed E-state index contributed by atoms with van der Waals surface area (Å²) < 4.78 is 39.2. The molecule has 2 aromatic carbocycles. The summed E-state index contributed by atoms with van der Waals surface area (Å²) in [4.78, 5) is 17.9. The molecule has 0 spiro atoms. The Morgan fingerprint density at radius 2 is 1.74 bits per heavy atom. The van der Waals surface area contributed by atoms with E-state index in [0.29, 0.717) is 16.8 Å². The Balaban J connectivity index is 1.73. The van der Waals surface area contributed by atoms with Gasteiger partial charge in [-0.1, -0.05) is 43.3 Å². The number of aryl methyl sites for hydroxylation is 1. The number of thiazole rings is 1. The molecule has 0 saturated heterocycles. The summed E-state index contributed by atoms with van der Waals surface area (Å²) in [6.07, 6.45) is -3.81. The van der Waals surface area contributed by atoms with Crippen molar-refractivity contribution in [3.8, 4) is 16.6 Å². The maximum absolute atomic E-state index is 13.1. The summed E-state index contributed by atoms with van der Waals surface area (Å²) in [7, 11) is 0. The van der Waals surface area contributed by atoms with Crippen molar-refractivity contribution in [1.82, 2.24) is 9.88 Å². The van der Waals surface area contributed by atoms with Crippen LogP contribution in [0, 0.1) is 11.3 Å². The van der Waals surface area contributed by atoms with E-state index in [4.69, 9.17) is 5.26 Å².